The molecule has 8 nitrogen and oxygen atoms in total. The van der Waals surface area contributed by atoms with Crippen molar-refractivity contribution in [3.8, 4) is 5.75 Å². The maximum absolute atomic E-state index is 11.0. The molecule has 4 N–H and O–H groups in total. The van der Waals surface area contributed by atoms with E-state index in [9.17, 15) is 13.5 Å². The summed E-state index contributed by atoms with van der Waals surface area (Å²) in [4.78, 5) is 8.55. The zero-order valence-corrected chi connectivity index (χ0v) is 14.7. The summed E-state index contributed by atoms with van der Waals surface area (Å²) in [6.45, 7) is 5.77. The number of primary sulfonamides is 1. The highest BCUT2D eigenvalue weighted by Crippen LogP contribution is 2.27. The molecule has 1 saturated heterocycles. The number of guanidine groups is 1. The van der Waals surface area contributed by atoms with Crippen LogP contribution in [0.1, 0.15) is 6.92 Å². The van der Waals surface area contributed by atoms with Crippen molar-refractivity contribution in [2.45, 2.75) is 6.92 Å². The number of anilines is 1. The molecule has 1 aliphatic rings. The number of nitrogens with two attached hydrogens (primary N) is 1. The highest BCUT2D eigenvalue weighted by Gasteiger charge is 2.21. The van der Waals surface area contributed by atoms with Gasteiger partial charge in [-0.05, 0) is 19.1 Å². The van der Waals surface area contributed by atoms with Gasteiger partial charge in [-0.25, -0.2) is 13.6 Å². The van der Waals surface area contributed by atoms with Crippen LogP contribution in [0.2, 0.25) is 0 Å². The fourth-order valence-electron chi connectivity index (χ4n) is 2.60. The Bertz CT molecular complexity index is 669. The minimum absolute atomic E-state index is 0.140. The first-order valence-electron chi connectivity index (χ1n) is 7.97. The first-order chi connectivity index (χ1) is 11.4. The lowest BCUT2D eigenvalue weighted by atomic mass is 10.2. The van der Waals surface area contributed by atoms with E-state index >= 15 is 0 Å². The van der Waals surface area contributed by atoms with E-state index in [0.29, 0.717) is 12.5 Å². The summed E-state index contributed by atoms with van der Waals surface area (Å²) in [6.07, 6.45) is 0. The van der Waals surface area contributed by atoms with Gasteiger partial charge in [0.2, 0.25) is 10.0 Å². The van der Waals surface area contributed by atoms with Gasteiger partial charge in [0.1, 0.15) is 5.75 Å². The van der Waals surface area contributed by atoms with E-state index in [-0.39, 0.29) is 18.0 Å². The van der Waals surface area contributed by atoms with Crippen LogP contribution in [-0.4, -0.2) is 69.4 Å². The maximum atomic E-state index is 11.0. The summed E-state index contributed by atoms with van der Waals surface area (Å²) in [7, 11) is -3.50. The summed E-state index contributed by atoms with van der Waals surface area (Å²) < 4.78 is 22.0. The Labute approximate surface area is 143 Å². The normalized spacial score (nSPS) is 16.3. The molecule has 0 amide bonds. The lowest BCUT2D eigenvalue weighted by Crippen LogP contribution is -2.52. The topological polar surface area (TPSA) is 111 Å². The first-order valence-corrected chi connectivity index (χ1v) is 9.69. The molecule has 2 rings (SSSR count). The van der Waals surface area contributed by atoms with Gasteiger partial charge in [-0.15, -0.1) is 0 Å². The Morgan fingerprint density at radius 3 is 2.54 bits per heavy atom. The van der Waals surface area contributed by atoms with Gasteiger partial charge in [0.25, 0.3) is 0 Å². The highest BCUT2D eigenvalue weighted by molar-refractivity contribution is 7.89. The minimum atomic E-state index is -3.50. The van der Waals surface area contributed by atoms with Gasteiger partial charge < -0.3 is 20.2 Å². The van der Waals surface area contributed by atoms with Gasteiger partial charge in [-0.1, -0.05) is 12.1 Å². The third-order valence-electron chi connectivity index (χ3n) is 3.77. The summed E-state index contributed by atoms with van der Waals surface area (Å²) >= 11 is 0. The molecule has 0 atom stereocenters. The third-order valence-corrected chi connectivity index (χ3v) is 4.53. The average Bonchev–Trinajstić information content (AvgIpc) is 2.54. The SMILES string of the molecule is CCNC(=NCCS(N)(=O)=O)N1CCN(c2ccccc2O)CC1. The van der Waals surface area contributed by atoms with Crippen LogP contribution in [0.4, 0.5) is 5.69 Å². The van der Waals surface area contributed by atoms with Crippen LogP contribution in [0.5, 0.6) is 5.75 Å². The van der Waals surface area contributed by atoms with Crippen molar-refractivity contribution in [2.24, 2.45) is 10.1 Å². The fourth-order valence-corrected chi connectivity index (χ4v) is 2.94. The number of nitrogens with zero attached hydrogens (tertiary/aromatic N) is 3. The monoisotopic (exact) mass is 355 g/mol. The maximum Gasteiger partial charge on any atom is 0.210 e. The summed E-state index contributed by atoms with van der Waals surface area (Å²) in [5, 5.41) is 18.1. The Kier molecular flexibility index (Phi) is 6.27. The van der Waals surface area contributed by atoms with E-state index in [1.54, 1.807) is 12.1 Å². The smallest absolute Gasteiger partial charge is 0.210 e. The second-order valence-electron chi connectivity index (χ2n) is 5.57. The molecule has 1 aromatic rings. The Balaban J connectivity index is 1.97. The standard InChI is InChI=1S/C15H25N5O3S/c1-2-17-15(18-7-12-24(16,22)23)20-10-8-19(9-11-20)13-5-3-4-6-14(13)21/h3-6,21H,2,7-12H2,1H3,(H,17,18)(H2,16,22,23). The summed E-state index contributed by atoms with van der Waals surface area (Å²) in [5.41, 5.74) is 0.827. The quantitative estimate of drug-likeness (QED) is 0.497. The molecule has 0 aliphatic carbocycles. The zero-order chi connectivity index (χ0) is 17.6. The molecule has 0 bridgehead atoms. The number of nitrogens with one attached hydrogen (secondary N) is 1. The Hall–Kier alpha value is -2.00. The van der Waals surface area contributed by atoms with E-state index in [2.05, 4.69) is 20.1 Å². The van der Waals surface area contributed by atoms with E-state index < -0.39 is 10.0 Å². The van der Waals surface area contributed by atoms with Crippen molar-refractivity contribution < 1.29 is 13.5 Å². The molecule has 1 heterocycles. The van der Waals surface area contributed by atoms with Gasteiger partial charge in [0.05, 0.1) is 18.0 Å². The number of rotatable bonds is 5. The van der Waals surface area contributed by atoms with Crippen LogP contribution in [0.15, 0.2) is 29.3 Å². The number of phenolic OH excluding ortho intramolecular Hbond substituents is 1. The van der Waals surface area contributed by atoms with Crippen LogP contribution in [0, 0.1) is 0 Å². The van der Waals surface area contributed by atoms with Crippen molar-refractivity contribution in [1.82, 2.24) is 10.2 Å². The molecule has 1 aromatic carbocycles. The number of benzene rings is 1. The van der Waals surface area contributed by atoms with Crippen LogP contribution in [-0.2, 0) is 10.0 Å². The van der Waals surface area contributed by atoms with E-state index in [1.807, 2.05) is 19.1 Å². The van der Waals surface area contributed by atoms with Crippen LogP contribution >= 0.6 is 0 Å². The number of piperazine rings is 1. The van der Waals surface area contributed by atoms with Gasteiger partial charge >= 0.3 is 0 Å². The Morgan fingerprint density at radius 1 is 1.29 bits per heavy atom. The molecule has 0 aromatic heterocycles. The molecule has 0 unspecified atom stereocenters. The fraction of sp³-hybridized carbons (Fsp3) is 0.533. The molecule has 0 saturated carbocycles. The van der Waals surface area contributed by atoms with Crippen molar-refractivity contribution in [3.63, 3.8) is 0 Å². The third kappa shape index (κ3) is 5.27. The molecule has 1 aliphatic heterocycles. The van der Waals surface area contributed by atoms with Crippen molar-refractivity contribution in [1.29, 1.82) is 0 Å². The lowest BCUT2D eigenvalue weighted by Gasteiger charge is -2.37. The average molecular weight is 355 g/mol. The van der Waals surface area contributed by atoms with E-state index in [1.165, 1.54) is 0 Å². The van der Waals surface area contributed by atoms with Crippen LogP contribution < -0.4 is 15.4 Å². The molecule has 0 radical (unpaired) electrons. The summed E-state index contributed by atoms with van der Waals surface area (Å²) in [6, 6.07) is 7.29. The van der Waals surface area contributed by atoms with Crippen molar-refractivity contribution >= 4 is 21.7 Å². The zero-order valence-electron chi connectivity index (χ0n) is 13.9. The number of aliphatic imine (C=N–C) groups is 1. The highest BCUT2D eigenvalue weighted by atomic mass is 32.2. The largest absolute Gasteiger partial charge is 0.506 e. The lowest BCUT2D eigenvalue weighted by molar-refractivity contribution is 0.370. The predicted molar refractivity (Wildman–Crippen MR) is 95.8 cm³/mol. The molecule has 1 fully saturated rings. The van der Waals surface area contributed by atoms with Crippen molar-refractivity contribution in [3.05, 3.63) is 24.3 Å². The van der Waals surface area contributed by atoms with Gasteiger partial charge in [-0.3, -0.25) is 4.99 Å². The molecule has 24 heavy (non-hydrogen) atoms. The van der Waals surface area contributed by atoms with Gasteiger partial charge in [0, 0.05) is 32.7 Å². The minimum Gasteiger partial charge on any atom is -0.506 e. The first kappa shape index (κ1) is 18.3. The number of phenols is 1. The number of hydrogen-bond donors (Lipinski definition) is 3. The molecular weight excluding hydrogens is 330 g/mol. The number of para-hydroxylation sites is 2. The second kappa shape index (κ2) is 8.20. The second-order valence-corrected chi connectivity index (χ2v) is 7.30. The number of sulfonamides is 1. The van der Waals surface area contributed by atoms with E-state index in [4.69, 9.17) is 5.14 Å². The van der Waals surface area contributed by atoms with E-state index in [0.717, 1.165) is 31.9 Å². The molecule has 134 valence electrons. The number of aromatic hydroxyl groups is 1. The molecular formula is C15H25N5O3S. The van der Waals surface area contributed by atoms with Gasteiger partial charge in [0.15, 0.2) is 5.96 Å². The van der Waals surface area contributed by atoms with Crippen LogP contribution in [0.25, 0.3) is 0 Å². The molecule has 0 spiro atoms. The van der Waals surface area contributed by atoms with Gasteiger partial charge in [-0.2, -0.15) is 0 Å². The van der Waals surface area contributed by atoms with Crippen LogP contribution in [0.3, 0.4) is 0 Å². The predicted octanol–water partition coefficient (Wildman–Crippen LogP) is -0.232. The Morgan fingerprint density at radius 2 is 1.96 bits per heavy atom. The number of hydrogen-bond acceptors (Lipinski definition) is 5. The summed E-state index contributed by atoms with van der Waals surface area (Å²) in [5.74, 6) is 0.803. The van der Waals surface area contributed by atoms with Crippen molar-refractivity contribution in [2.75, 3.05) is 49.9 Å². The molecule has 9 heteroatoms.